The van der Waals surface area contributed by atoms with E-state index >= 15 is 0 Å². The summed E-state index contributed by atoms with van der Waals surface area (Å²) < 4.78 is 0. The van der Waals surface area contributed by atoms with Gasteiger partial charge in [0.2, 0.25) is 5.91 Å². The number of aliphatic hydroxyl groups excluding tert-OH is 1. The van der Waals surface area contributed by atoms with Crippen molar-refractivity contribution in [2.75, 3.05) is 13.1 Å². The van der Waals surface area contributed by atoms with Crippen LogP contribution in [0.15, 0.2) is 0 Å². The largest absolute Gasteiger partial charge is 0.391 e. The van der Waals surface area contributed by atoms with Gasteiger partial charge in [-0.3, -0.25) is 4.79 Å². The number of nitrogens with one attached hydrogen (secondary N) is 2. The average Bonchev–Trinajstić information content (AvgIpc) is 2.65. The maximum atomic E-state index is 12.2. The number of aliphatic hydroxyl groups is 1. The standard InChI is InChI=1S/C16H30N2O2/c1-12(13-6-5-9-17-11-13)10-16(20)18-14-7-3-2-4-8-15(14)19/h12-15,17,19H,2-11H2,1H3,(H,18,20). The van der Waals surface area contributed by atoms with Crippen LogP contribution in [0.1, 0.15) is 58.3 Å². The van der Waals surface area contributed by atoms with E-state index in [4.69, 9.17) is 0 Å². The number of piperidine rings is 1. The summed E-state index contributed by atoms with van der Waals surface area (Å²) in [6.07, 6.45) is 7.81. The lowest BCUT2D eigenvalue weighted by Gasteiger charge is -2.29. The molecule has 3 N–H and O–H groups in total. The molecule has 1 amide bonds. The number of carbonyl (C=O) groups excluding carboxylic acids is 1. The summed E-state index contributed by atoms with van der Waals surface area (Å²) in [5.74, 6) is 1.16. The van der Waals surface area contributed by atoms with Crippen LogP contribution in [0.2, 0.25) is 0 Å². The Balaban J connectivity index is 1.75. The van der Waals surface area contributed by atoms with Gasteiger partial charge in [0.05, 0.1) is 12.1 Å². The molecule has 0 radical (unpaired) electrons. The van der Waals surface area contributed by atoms with Gasteiger partial charge >= 0.3 is 0 Å². The summed E-state index contributed by atoms with van der Waals surface area (Å²) in [4.78, 5) is 12.2. The van der Waals surface area contributed by atoms with E-state index in [1.54, 1.807) is 0 Å². The second-order valence-corrected chi connectivity index (χ2v) is 6.67. The zero-order valence-corrected chi connectivity index (χ0v) is 12.7. The highest BCUT2D eigenvalue weighted by Crippen LogP contribution is 2.23. The highest BCUT2D eigenvalue weighted by Gasteiger charge is 2.26. The minimum atomic E-state index is -0.354. The molecule has 0 bridgehead atoms. The van der Waals surface area contributed by atoms with Crippen molar-refractivity contribution in [3.8, 4) is 0 Å². The van der Waals surface area contributed by atoms with Crippen molar-refractivity contribution < 1.29 is 9.90 Å². The molecule has 1 saturated heterocycles. The molecule has 2 aliphatic rings. The van der Waals surface area contributed by atoms with Crippen LogP contribution in [0, 0.1) is 11.8 Å². The van der Waals surface area contributed by atoms with Gasteiger partial charge in [-0.25, -0.2) is 0 Å². The molecule has 20 heavy (non-hydrogen) atoms. The van der Waals surface area contributed by atoms with E-state index in [2.05, 4.69) is 17.6 Å². The van der Waals surface area contributed by atoms with E-state index in [1.807, 2.05) is 0 Å². The summed E-state index contributed by atoms with van der Waals surface area (Å²) in [7, 11) is 0. The molecule has 4 heteroatoms. The van der Waals surface area contributed by atoms with Crippen LogP contribution in [0.5, 0.6) is 0 Å². The fourth-order valence-corrected chi connectivity index (χ4v) is 3.55. The molecule has 116 valence electrons. The lowest BCUT2D eigenvalue weighted by molar-refractivity contribution is -0.124. The summed E-state index contributed by atoms with van der Waals surface area (Å²) in [5, 5.41) is 16.5. The molecule has 0 spiro atoms. The Morgan fingerprint density at radius 1 is 1.25 bits per heavy atom. The molecule has 0 aromatic rings. The van der Waals surface area contributed by atoms with Gasteiger partial charge in [-0.05, 0) is 50.6 Å². The smallest absolute Gasteiger partial charge is 0.220 e. The zero-order chi connectivity index (χ0) is 14.4. The molecule has 4 atom stereocenters. The Labute approximate surface area is 122 Å². The Morgan fingerprint density at radius 3 is 2.80 bits per heavy atom. The third-order valence-electron chi connectivity index (χ3n) is 4.97. The van der Waals surface area contributed by atoms with Crippen molar-refractivity contribution in [2.24, 2.45) is 11.8 Å². The molecule has 4 unspecified atom stereocenters. The van der Waals surface area contributed by atoms with E-state index in [1.165, 1.54) is 19.3 Å². The van der Waals surface area contributed by atoms with Crippen molar-refractivity contribution in [1.82, 2.24) is 10.6 Å². The van der Waals surface area contributed by atoms with Crippen LogP contribution in [0.3, 0.4) is 0 Å². The van der Waals surface area contributed by atoms with Gasteiger partial charge in [-0.15, -0.1) is 0 Å². The predicted molar refractivity (Wildman–Crippen MR) is 80.4 cm³/mol. The van der Waals surface area contributed by atoms with E-state index in [9.17, 15) is 9.90 Å². The molecule has 2 rings (SSSR count). The van der Waals surface area contributed by atoms with Crippen molar-refractivity contribution in [3.63, 3.8) is 0 Å². The Kier molecular flexibility index (Phi) is 6.30. The number of amides is 1. The SMILES string of the molecule is CC(CC(=O)NC1CCCCCC1O)C1CCCNC1. The Morgan fingerprint density at radius 2 is 2.05 bits per heavy atom. The van der Waals surface area contributed by atoms with E-state index in [-0.39, 0.29) is 18.1 Å². The minimum absolute atomic E-state index is 0.0262. The molecule has 1 saturated carbocycles. The minimum Gasteiger partial charge on any atom is -0.391 e. The summed E-state index contributed by atoms with van der Waals surface area (Å²) >= 11 is 0. The highest BCUT2D eigenvalue weighted by atomic mass is 16.3. The van der Waals surface area contributed by atoms with Gasteiger partial charge in [-0.2, -0.15) is 0 Å². The number of carbonyl (C=O) groups is 1. The number of hydrogen-bond acceptors (Lipinski definition) is 3. The predicted octanol–water partition coefficient (Wildman–Crippen LogP) is 1.82. The molecule has 1 aliphatic carbocycles. The van der Waals surface area contributed by atoms with Crippen molar-refractivity contribution in [2.45, 2.75) is 70.4 Å². The van der Waals surface area contributed by atoms with Crippen molar-refractivity contribution >= 4 is 5.91 Å². The van der Waals surface area contributed by atoms with Gasteiger partial charge in [0.25, 0.3) is 0 Å². The normalized spacial score (nSPS) is 33.2. The summed E-state index contributed by atoms with van der Waals surface area (Å²) in [6, 6.07) is -0.0262. The lowest BCUT2D eigenvalue weighted by atomic mass is 9.85. The molecule has 2 fully saturated rings. The number of hydrogen-bond donors (Lipinski definition) is 3. The van der Waals surface area contributed by atoms with E-state index in [0.717, 1.165) is 38.8 Å². The fraction of sp³-hybridized carbons (Fsp3) is 0.938. The van der Waals surface area contributed by atoms with Crippen molar-refractivity contribution in [1.29, 1.82) is 0 Å². The van der Waals surface area contributed by atoms with Gasteiger partial charge in [-0.1, -0.05) is 26.2 Å². The monoisotopic (exact) mass is 282 g/mol. The first-order chi connectivity index (χ1) is 9.66. The first-order valence-electron chi connectivity index (χ1n) is 8.35. The van der Waals surface area contributed by atoms with Gasteiger partial charge < -0.3 is 15.7 Å². The fourth-order valence-electron chi connectivity index (χ4n) is 3.55. The van der Waals surface area contributed by atoms with Gasteiger partial charge in [0.1, 0.15) is 0 Å². The maximum absolute atomic E-state index is 12.2. The van der Waals surface area contributed by atoms with Crippen LogP contribution in [0.25, 0.3) is 0 Å². The van der Waals surface area contributed by atoms with Gasteiger partial charge in [0, 0.05) is 6.42 Å². The zero-order valence-electron chi connectivity index (χ0n) is 12.7. The van der Waals surface area contributed by atoms with Crippen LogP contribution in [-0.4, -0.2) is 36.2 Å². The highest BCUT2D eigenvalue weighted by molar-refractivity contribution is 5.76. The Hall–Kier alpha value is -0.610. The summed E-state index contributed by atoms with van der Waals surface area (Å²) in [6.45, 7) is 4.34. The van der Waals surface area contributed by atoms with Gasteiger partial charge in [0.15, 0.2) is 0 Å². The molecular weight excluding hydrogens is 252 g/mol. The molecule has 4 nitrogen and oxygen atoms in total. The van der Waals surface area contributed by atoms with E-state index < -0.39 is 0 Å². The average molecular weight is 282 g/mol. The quantitative estimate of drug-likeness (QED) is 0.689. The topological polar surface area (TPSA) is 61.4 Å². The van der Waals surface area contributed by atoms with Crippen molar-refractivity contribution in [3.05, 3.63) is 0 Å². The van der Waals surface area contributed by atoms with Crippen LogP contribution in [-0.2, 0) is 4.79 Å². The first-order valence-corrected chi connectivity index (χ1v) is 8.35. The molecule has 1 heterocycles. The number of rotatable bonds is 4. The second-order valence-electron chi connectivity index (χ2n) is 6.67. The molecular formula is C16H30N2O2. The third-order valence-corrected chi connectivity index (χ3v) is 4.97. The van der Waals surface area contributed by atoms with E-state index in [0.29, 0.717) is 18.3 Å². The molecule has 1 aliphatic heterocycles. The lowest BCUT2D eigenvalue weighted by Crippen LogP contribution is -2.44. The van der Waals surface area contributed by atoms with Crippen LogP contribution >= 0.6 is 0 Å². The maximum Gasteiger partial charge on any atom is 0.220 e. The summed E-state index contributed by atoms with van der Waals surface area (Å²) in [5.41, 5.74) is 0. The van der Waals surface area contributed by atoms with Crippen LogP contribution < -0.4 is 10.6 Å². The molecule has 0 aromatic carbocycles. The Bertz CT molecular complexity index is 303. The van der Waals surface area contributed by atoms with Crippen LogP contribution in [0.4, 0.5) is 0 Å². The third kappa shape index (κ3) is 4.74. The molecule has 0 aromatic heterocycles. The first kappa shape index (κ1) is 15.8. The second kappa shape index (κ2) is 7.99.